The molecule has 2 rings (SSSR count). The first-order valence-corrected chi connectivity index (χ1v) is 11.5. The SMILES string of the molecule is CC(C)c1cc(Oc2c(Br)cc(CC(=O)O)cc2Br)cc(CCCN)c1C(C)C. The number of hydrogen-bond acceptors (Lipinski definition) is 3. The lowest BCUT2D eigenvalue weighted by atomic mass is 9.85. The third-order valence-electron chi connectivity index (χ3n) is 4.75. The van der Waals surface area contributed by atoms with Gasteiger partial charge in [-0.05, 0) is 110 Å². The zero-order valence-electron chi connectivity index (χ0n) is 17.4. The smallest absolute Gasteiger partial charge is 0.307 e. The van der Waals surface area contributed by atoms with Gasteiger partial charge in [0, 0.05) is 0 Å². The molecular formula is C23H29Br2NO3. The number of hydrogen-bond donors (Lipinski definition) is 2. The van der Waals surface area contributed by atoms with Crippen molar-refractivity contribution in [3.8, 4) is 11.5 Å². The Morgan fingerprint density at radius 1 is 1.07 bits per heavy atom. The first-order valence-electron chi connectivity index (χ1n) is 9.88. The molecule has 0 saturated heterocycles. The van der Waals surface area contributed by atoms with Crippen LogP contribution in [0.15, 0.2) is 33.2 Å². The van der Waals surface area contributed by atoms with Crippen molar-refractivity contribution in [1.29, 1.82) is 0 Å². The van der Waals surface area contributed by atoms with Gasteiger partial charge in [-0.3, -0.25) is 4.79 Å². The molecule has 4 nitrogen and oxygen atoms in total. The highest BCUT2D eigenvalue weighted by atomic mass is 79.9. The number of benzene rings is 2. The van der Waals surface area contributed by atoms with Gasteiger partial charge in [0.25, 0.3) is 0 Å². The fourth-order valence-corrected chi connectivity index (χ4v) is 5.00. The first-order chi connectivity index (χ1) is 13.6. The molecule has 0 saturated carbocycles. The molecule has 0 bridgehead atoms. The second-order valence-electron chi connectivity index (χ2n) is 7.85. The lowest BCUT2D eigenvalue weighted by molar-refractivity contribution is -0.136. The van der Waals surface area contributed by atoms with Crippen LogP contribution < -0.4 is 10.5 Å². The van der Waals surface area contributed by atoms with E-state index in [1.54, 1.807) is 12.1 Å². The third kappa shape index (κ3) is 6.30. The van der Waals surface area contributed by atoms with Gasteiger partial charge in [0.15, 0.2) is 5.75 Å². The van der Waals surface area contributed by atoms with E-state index >= 15 is 0 Å². The van der Waals surface area contributed by atoms with Gasteiger partial charge in [-0.1, -0.05) is 27.7 Å². The van der Waals surface area contributed by atoms with Gasteiger partial charge < -0.3 is 15.6 Å². The summed E-state index contributed by atoms with van der Waals surface area (Å²) >= 11 is 7.05. The topological polar surface area (TPSA) is 72.5 Å². The number of rotatable bonds is 9. The summed E-state index contributed by atoms with van der Waals surface area (Å²) in [6, 6.07) is 7.81. The molecule has 0 aliphatic heterocycles. The van der Waals surface area contributed by atoms with Crippen molar-refractivity contribution in [3.63, 3.8) is 0 Å². The maximum absolute atomic E-state index is 11.0. The zero-order chi connectivity index (χ0) is 21.7. The van der Waals surface area contributed by atoms with Crippen molar-refractivity contribution in [2.45, 2.75) is 58.8 Å². The minimum atomic E-state index is -0.868. The largest absolute Gasteiger partial charge is 0.481 e. The monoisotopic (exact) mass is 525 g/mol. The van der Waals surface area contributed by atoms with E-state index < -0.39 is 5.97 Å². The quantitative estimate of drug-likeness (QED) is 0.378. The summed E-state index contributed by atoms with van der Waals surface area (Å²) < 4.78 is 7.70. The highest BCUT2D eigenvalue weighted by molar-refractivity contribution is 9.11. The fourth-order valence-electron chi connectivity index (χ4n) is 3.55. The molecule has 2 aromatic carbocycles. The maximum atomic E-state index is 11.0. The lowest BCUT2D eigenvalue weighted by Gasteiger charge is -2.23. The van der Waals surface area contributed by atoms with Crippen LogP contribution in [0.3, 0.4) is 0 Å². The summed E-state index contributed by atoms with van der Waals surface area (Å²) in [7, 11) is 0. The predicted octanol–water partition coefficient (Wildman–Crippen LogP) is 6.77. The van der Waals surface area contributed by atoms with E-state index in [0.29, 0.717) is 38.6 Å². The number of carbonyl (C=O) groups is 1. The Morgan fingerprint density at radius 3 is 2.17 bits per heavy atom. The summed E-state index contributed by atoms with van der Waals surface area (Å²) in [5, 5.41) is 9.04. The zero-order valence-corrected chi connectivity index (χ0v) is 20.6. The van der Waals surface area contributed by atoms with Gasteiger partial charge in [0.05, 0.1) is 15.4 Å². The summed E-state index contributed by atoms with van der Waals surface area (Å²) in [5.41, 5.74) is 10.4. The number of carboxylic acids is 1. The molecule has 0 unspecified atom stereocenters. The fraction of sp³-hybridized carbons (Fsp3) is 0.435. The molecule has 0 fully saturated rings. The van der Waals surface area contributed by atoms with E-state index in [4.69, 9.17) is 15.6 Å². The van der Waals surface area contributed by atoms with E-state index in [-0.39, 0.29) is 6.42 Å². The Balaban J connectivity index is 2.50. The number of aryl methyl sites for hydroxylation is 1. The normalized spacial score (nSPS) is 11.3. The van der Waals surface area contributed by atoms with Gasteiger partial charge in [-0.25, -0.2) is 0 Å². The Hall–Kier alpha value is -1.37. The van der Waals surface area contributed by atoms with Gasteiger partial charge in [-0.2, -0.15) is 0 Å². The van der Waals surface area contributed by atoms with E-state index in [0.717, 1.165) is 18.6 Å². The predicted molar refractivity (Wildman–Crippen MR) is 125 cm³/mol. The molecule has 158 valence electrons. The highest BCUT2D eigenvalue weighted by Gasteiger charge is 2.18. The van der Waals surface area contributed by atoms with Crippen LogP contribution in [-0.4, -0.2) is 17.6 Å². The van der Waals surface area contributed by atoms with Crippen LogP contribution in [0.4, 0.5) is 0 Å². The first kappa shape index (κ1) is 23.9. The molecule has 29 heavy (non-hydrogen) atoms. The summed E-state index contributed by atoms with van der Waals surface area (Å²) in [6.45, 7) is 9.50. The number of carboxylic acid groups (broad SMARTS) is 1. The minimum absolute atomic E-state index is 0.0404. The van der Waals surface area contributed by atoms with E-state index in [9.17, 15) is 4.79 Å². The number of aliphatic carboxylic acids is 1. The minimum Gasteiger partial charge on any atom is -0.481 e. The van der Waals surface area contributed by atoms with E-state index in [1.165, 1.54) is 16.7 Å². The number of ether oxygens (including phenoxy) is 1. The van der Waals surface area contributed by atoms with E-state index in [2.05, 4.69) is 71.7 Å². The summed E-state index contributed by atoms with van der Waals surface area (Å²) in [4.78, 5) is 11.0. The maximum Gasteiger partial charge on any atom is 0.307 e. The molecule has 3 N–H and O–H groups in total. The Bertz CT molecular complexity index is 856. The molecule has 0 spiro atoms. The molecule has 0 amide bonds. The van der Waals surface area contributed by atoms with Gasteiger partial charge in [0.2, 0.25) is 0 Å². The van der Waals surface area contributed by atoms with Crippen LogP contribution in [0.5, 0.6) is 11.5 Å². The molecule has 0 aromatic heterocycles. The third-order valence-corrected chi connectivity index (χ3v) is 5.93. The second-order valence-corrected chi connectivity index (χ2v) is 9.56. The Labute approximate surface area is 190 Å². The Kier molecular flexibility index (Phi) is 8.73. The van der Waals surface area contributed by atoms with Gasteiger partial charge >= 0.3 is 5.97 Å². The molecule has 2 aromatic rings. The average molecular weight is 527 g/mol. The molecular weight excluding hydrogens is 498 g/mol. The molecule has 0 aliphatic rings. The van der Waals surface area contributed by atoms with Crippen molar-refractivity contribution in [2.24, 2.45) is 5.73 Å². The summed E-state index contributed by atoms with van der Waals surface area (Å²) in [5.74, 6) is 1.33. The van der Waals surface area contributed by atoms with Crippen molar-refractivity contribution < 1.29 is 14.6 Å². The average Bonchev–Trinajstić information content (AvgIpc) is 2.61. The van der Waals surface area contributed by atoms with Crippen LogP contribution in [0.2, 0.25) is 0 Å². The lowest BCUT2D eigenvalue weighted by Crippen LogP contribution is -2.08. The van der Waals surface area contributed by atoms with Crippen molar-refractivity contribution in [3.05, 3.63) is 55.5 Å². The molecule has 0 radical (unpaired) electrons. The van der Waals surface area contributed by atoms with Gasteiger partial charge in [-0.15, -0.1) is 0 Å². The number of nitrogens with two attached hydrogens (primary N) is 1. The molecule has 0 atom stereocenters. The van der Waals surface area contributed by atoms with Crippen LogP contribution in [0.25, 0.3) is 0 Å². The van der Waals surface area contributed by atoms with Crippen LogP contribution in [0.1, 0.15) is 68.2 Å². The van der Waals surface area contributed by atoms with Crippen molar-refractivity contribution in [2.75, 3.05) is 6.54 Å². The van der Waals surface area contributed by atoms with Crippen molar-refractivity contribution in [1.82, 2.24) is 0 Å². The van der Waals surface area contributed by atoms with E-state index in [1.807, 2.05) is 0 Å². The summed E-state index contributed by atoms with van der Waals surface area (Å²) in [6.07, 6.45) is 1.81. The van der Waals surface area contributed by atoms with Gasteiger partial charge in [0.1, 0.15) is 5.75 Å². The highest BCUT2D eigenvalue weighted by Crippen LogP contribution is 2.40. The van der Waals surface area contributed by atoms with Crippen LogP contribution >= 0.6 is 31.9 Å². The molecule has 0 aliphatic carbocycles. The Morgan fingerprint density at radius 2 is 1.69 bits per heavy atom. The second kappa shape index (κ2) is 10.6. The van der Waals surface area contributed by atoms with Crippen LogP contribution in [-0.2, 0) is 17.6 Å². The van der Waals surface area contributed by atoms with Crippen molar-refractivity contribution >= 4 is 37.8 Å². The molecule has 6 heteroatoms. The molecule has 0 heterocycles. The number of halogens is 2. The standard InChI is InChI=1S/C23H29Br2NO3/c1-13(2)18-12-17(11-16(6-5-7-26)22(18)14(3)4)29-23-19(24)8-15(9-20(23)25)10-21(27)28/h8-9,11-14H,5-7,10,26H2,1-4H3,(H,27,28). The van der Waals surface area contributed by atoms with Crippen LogP contribution in [0, 0.1) is 0 Å².